The van der Waals surface area contributed by atoms with E-state index in [1.807, 2.05) is 7.11 Å². The minimum Gasteiger partial charge on any atom is -0.493 e. The highest BCUT2D eigenvalue weighted by atomic mass is 16.6. The van der Waals surface area contributed by atoms with Crippen molar-refractivity contribution in [2.45, 2.75) is 94.5 Å². The molecule has 2 aliphatic heterocycles. The molecule has 1 saturated heterocycles. The Labute approximate surface area is 204 Å². The molecule has 0 unspecified atom stereocenters. The Kier molecular flexibility index (Phi) is 4.61. The van der Waals surface area contributed by atoms with Crippen LogP contribution in [-0.2, 0) is 16.6 Å². The number of ether oxygens (including phenoxy) is 3. The second kappa shape index (κ2) is 7.14. The van der Waals surface area contributed by atoms with Gasteiger partial charge in [0.05, 0.1) is 13.2 Å². The van der Waals surface area contributed by atoms with Crippen LogP contribution in [0, 0.1) is 23.2 Å². The second-order valence-corrected chi connectivity index (χ2v) is 12.8. The van der Waals surface area contributed by atoms with Crippen molar-refractivity contribution in [1.29, 1.82) is 0 Å². The number of hydrogen-bond donors (Lipinski definition) is 1. The van der Waals surface area contributed by atoms with E-state index in [0.29, 0.717) is 12.0 Å². The van der Waals surface area contributed by atoms with Gasteiger partial charge < -0.3 is 19.3 Å². The number of piperidine rings is 1. The smallest absolute Gasteiger partial charge is 0.165 e. The van der Waals surface area contributed by atoms with Crippen LogP contribution in [0.3, 0.4) is 0 Å². The lowest BCUT2D eigenvalue weighted by Gasteiger charge is -2.74. The fourth-order valence-electron chi connectivity index (χ4n) is 9.70. The molecule has 0 radical (unpaired) electrons. The largest absolute Gasteiger partial charge is 0.493 e. The SMILES string of the molecule is COc1ccc2c3c1O[C@H]1[C@@]4(OC)CC[C@@]5(C[C@@H]4[C@@H](O)CC(C)C)[C@@H](C2)N(CC2CC2)CC[C@]315. The highest BCUT2D eigenvalue weighted by molar-refractivity contribution is 5.63. The Morgan fingerprint density at radius 2 is 2.00 bits per heavy atom. The van der Waals surface area contributed by atoms with Gasteiger partial charge in [-0.1, -0.05) is 19.9 Å². The molecule has 2 spiro atoms. The van der Waals surface area contributed by atoms with Crippen molar-refractivity contribution in [3.05, 3.63) is 23.3 Å². The fraction of sp³-hybridized carbons (Fsp3) is 0.793. The first-order valence-corrected chi connectivity index (χ1v) is 13.7. The van der Waals surface area contributed by atoms with Gasteiger partial charge >= 0.3 is 0 Å². The van der Waals surface area contributed by atoms with E-state index in [0.717, 1.165) is 56.1 Å². The summed E-state index contributed by atoms with van der Waals surface area (Å²) in [5.41, 5.74) is 2.57. The van der Waals surface area contributed by atoms with Crippen molar-refractivity contribution in [3.8, 4) is 11.5 Å². The van der Waals surface area contributed by atoms with E-state index in [9.17, 15) is 5.11 Å². The molecule has 5 fully saturated rings. The Balaban J connectivity index is 1.43. The van der Waals surface area contributed by atoms with Crippen LogP contribution in [0.5, 0.6) is 11.5 Å². The predicted octanol–water partition coefficient (Wildman–Crippen LogP) is 4.33. The number of nitrogens with zero attached hydrogens (tertiary/aromatic N) is 1. The average Bonchev–Trinajstić information content (AvgIpc) is 3.57. The van der Waals surface area contributed by atoms with Crippen molar-refractivity contribution in [2.24, 2.45) is 23.2 Å². The number of likely N-dealkylation sites (tertiary alicyclic amines) is 1. The molecule has 1 N–H and O–H groups in total. The Morgan fingerprint density at radius 1 is 1.18 bits per heavy atom. The zero-order valence-corrected chi connectivity index (χ0v) is 21.3. The molecule has 7 aliphatic rings. The van der Waals surface area contributed by atoms with E-state index in [-0.39, 0.29) is 29.0 Å². The molecule has 1 aromatic carbocycles. The molecule has 5 aliphatic carbocycles. The van der Waals surface area contributed by atoms with Crippen molar-refractivity contribution in [3.63, 3.8) is 0 Å². The van der Waals surface area contributed by atoms with Gasteiger partial charge in [0.1, 0.15) is 11.7 Å². The first-order valence-electron chi connectivity index (χ1n) is 13.7. The molecule has 34 heavy (non-hydrogen) atoms. The predicted molar refractivity (Wildman–Crippen MR) is 130 cm³/mol. The van der Waals surface area contributed by atoms with Gasteiger partial charge in [0, 0.05) is 42.0 Å². The first-order chi connectivity index (χ1) is 16.4. The molecule has 1 aromatic rings. The molecule has 5 heteroatoms. The molecular weight excluding hydrogens is 426 g/mol. The summed E-state index contributed by atoms with van der Waals surface area (Å²) in [4.78, 5) is 2.86. The van der Waals surface area contributed by atoms with E-state index in [2.05, 4.69) is 30.9 Å². The number of fused-ring (bicyclic) bond motifs is 2. The number of hydrogen-bond acceptors (Lipinski definition) is 5. The van der Waals surface area contributed by atoms with Gasteiger partial charge in [-0.25, -0.2) is 0 Å². The van der Waals surface area contributed by atoms with E-state index in [4.69, 9.17) is 14.2 Å². The third-order valence-corrected chi connectivity index (χ3v) is 11.1. The van der Waals surface area contributed by atoms with Gasteiger partial charge in [-0.05, 0) is 81.4 Å². The zero-order chi connectivity index (χ0) is 23.5. The van der Waals surface area contributed by atoms with E-state index >= 15 is 0 Å². The Morgan fingerprint density at radius 3 is 2.71 bits per heavy atom. The monoisotopic (exact) mass is 467 g/mol. The van der Waals surface area contributed by atoms with E-state index in [1.54, 1.807) is 7.11 Å². The van der Waals surface area contributed by atoms with Crippen LogP contribution in [0.2, 0.25) is 0 Å². The molecule has 186 valence electrons. The van der Waals surface area contributed by atoms with Gasteiger partial charge in [0.15, 0.2) is 11.5 Å². The number of aliphatic hydroxyl groups excluding tert-OH is 1. The van der Waals surface area contributed by atoms with Crippen LogP contribution in [0.1, 0.15) is 69.9 Å². The first kappa shape index (κ1) is 21.9. The molecule has 7 atom stereocenters. The molecule has 0 amide bonds. The summed E-state index contributed by atoms with van der Waals surface area (Å²) in [5, 5.41) is 11.6. The lowest BCUT2D eigenvalue weighted by atomic mass is 9.34. The summed E-state index contributed by atoms with van der Waals surface area (Å²) in [6.07, 6.45) is 8.65. The highest BCUT2D eigenvalue weighted by Crippen LogP contribution is 2.77. The van der Waals surface area contributed by atoms with Gasteiger partial charge in [0.2, 0.25) is 0 Å². The maximum atomic E-state index is 11.6. The number of benzene rings is 1. The summed E-state index contributed by atoms with van der Waals surface area (Å²) in [6.45, 7) is 6.84. The molecule has 4 bridgehead atoms. The van der Waals surface area contributed by atoms with Gasteiger partial charge in [-0.15, -0.1) is 0 Å². The lowest BCUT2D eigenvalue weighted by molar-refractivity contribution is -0.290. The quantitative estimate of drug-likeness (QED) is 0.647. The van der Waals surface area contributed by atoms with Crippen LogP contribution in [-0.4, -0.2) is 61.2 Å². The number of rotatable bonds is 7. The third-order valence-electron chi connectivity index (χ3n) is 11.1. The molecule has 0 aromatic heterocycles. The van der Waals surface area contributed by atoms with Crippen LogP contribution in [0.4, 0.5) is 0 Å². The van der Waals surface area contributed by atoms with Crippen LogP contribution < -0.4 is 9.47 Å². The summed E-state index contributed by atoms with van der Waals surface area (Å²) >= 11 is 0. The molecule has 4 saturated carbocycles. The molecule has 5 nitrogen and oxygen atoms in total. The van der Waals surface area contributed by atoms with Crippen LogP contribution in [0.25, 0.3) is 0 Å². The van der Waals surface area contributed by atoms with Crippen molar-refractivity contribution in [1.82, 2.24) is 4.90 Å². The topological polar surface area (TPSA) is 51.2 Å². The summed E-state index contributed by atoms with van der Waals surface area (Å²) in [6, 6.07) is 4.97. The average molecular weight is 468 g/mol. The molecular formula is C29H41NO4. The van der Waals surface area contributed by atoms with Crippen LogP contribution in [0.15, 0.2) is 12.1 Å². The summed E-state index contributed by atoms with van der Waals surface area (Å²) < 4.78 is 19.5. The van der Waals surface area contributed by atoms with Gasteiger partial charge in [0.25, 0.3) is 0 Å². The normalized spacial score (nSPS) is 42.5. The van der Waals surface area contributed by atoms with Crippen molar-refractivity contribution in [2.75, 3.05) is 27.3 Å². The van der Waals surface area contributed by atoms with E-state index < -0.39 is 5.60 Å². The lowest BCUT2D eigenvalue weighted by Crippen LogP contribution is -2.81. The molecule has 2 heterocycles. The van der Waals surface area contributed by atoms with Crippen molar-refractivity contribution < 1.29 is 19.3 Å². The summed E-state index contributed by atoms with van der Waals surface area (Å²) in [5.74, 6) is 3.30. The highest BCUT2D eigenvalue weighted by Gasteiger charge is 2.81. The maximum Gasteiger partial charge on any atom is 0.165 e. The maximum absolute atomic E-state index is 11.6. The van der Waals surface area contributed by atoms with Gasteiger partial charge in [-0.2, -0.15) is 0 Å². The minimum atomic E-state index is -0.447. The van der Waals surface area contributed by atoms with Crippen molar-refractivity contribution >= 4 is 0 Å². The zero-order valence-electron chi connectivity index (χ0n) is 21.3. The standard InChI is InChI=1S/C29H41NO4/c1-17(2)13-21(31)20-15-27-9-10-29(20,33-4)26-28(27)11-12-30(16-18-5-6-18)23(27)14-19-7-8-22(32-3)25(34-26)24(19)28/h7-8,17-18,20-21,23,26,31H,5-6,9-16H2,1-4H3/t20-,21+,23-,26-,27-,28+,29-/m1/s1. The molecule has 8 rings (SSSR count). The fourth-order valence-corrected chi connectivity index (χ4v) is 9.70. The summed E-state index contributed by atoms with van der Waals surface area (Å²) in [7, 11) is 3.63. The number of aliphatic hydroxyl groups is 1. The van der Waals surface area contributed by atoms with E-state index in [1.165, 1.54) is 36.9 Å². The Hall–Kier alpha value is -1.30. The number of methoxy groups -OCH3 is 2. The van der Waals surface area contributed by atoms with Gasteiger partial charge in [-0.3, -0.25) is 4.90 Å². The second-order valence-electron chi connectivity index (χ2n) is 12.8. The van der Waals surface area contributed by atoms with Crippen LogP contribution >= 0.6 is 0 Å². The Bertz CT molecular complexity index is 1010. The minimum absolute atomic E-state index is 0.0303. The third kappa shape index (κ3) is 2.47.